The van der Waals surface area contributed by atoms with Crippen LogP contribution in [0.25, 0.3) is 5.69 Å². The summed E-state index contributed by atoms with van der Waals surface area (Å²) in [5.74, 6) is -0.834. The van der Waals surface area contributed by atoms with Crippen LogP contribution in [0.3, 0.4) is 0 Å². The maximum absolute atomic E-state index is 14.0. The van der Waals surface area contributed by atoms with E-state index in [0.717, 1.165) is 15.0 Å². The molecular weight excluding hydrogens is 315 g/mol. The van der Waals surface area contributed by atoms with Gasteiger partial charge in [0.2, 0.25) is 5.88 Å². The van der Waals surface area contributed by atoms with Crippen LogP contribution in [-0.4, -0.2) is 14.2 Å². The second-order valence-electron chi connectivity index (χ2n) is 5.12. The standard InChI is InChI=1S/C17H15FN2O2S/c1-11-7-3-6-10-14(11)23-16-15(21)20(17(22)19(16)2)13-9-5-4-8-12(13)18/h3-10,21H,1-2H3. The summed E-state index contributed by atoms with van der Waals surface area (Å²) in [6.07, 6.45) is 0. The van der Waals surface area contributed by atoms with Crippen LogP contribution in [0, 0.1) is 12.7 Å². The lowest BCUT2D eigenvalue weighted by atomic mass is 10.2. The predicted molar refractivity (Wildman–Crippen MR) is 87.9 cm³/mol. The molecule has 0 saturated carbocycles. The van der Waals surface area contributed by atoms with E-state index in [-0.39, 0.29) is 11.6 Å². The van der Waals surface area contributed by atoms with Gasteiger partial charge in [0.25, 0.3) is 0 Å². The molecule has 1 aromatic heterocycles. The Morgan fingerprint density at radius 2 is 1.74 bits per heavy atom. The highest BCUT2D eigenvalue weighted by molar-refractivity contribution is 7.99. The van der Waals surface area contributed by atoms with Gasteiger partial charge in [-0.1, -0.05) is 42.1 Å². The van der Waals surface area contributed by atoms with E-state index in [9.17, 15) is 14.3 Å². The normalized spacial score (nSPS) is 10.9. The summed E-state index contributed by atoms with van der Waals surface area (Å²) in [5, 5.41) is 10.8. The Morgan fingerprint density at radius 1 is 1.09 bits per heavy atom. The molecule has 0 unspecified atom stereocenters. The highest BCUT2D eigenvalue weighted by atomic mass is 32.2. The van der Waals surface area contributed by atoms with Crippen molar-refractivity contribution >= 4 is 11.8 Å². The lowest BCUT2D eigenvalue weighted by Crippen LogP contribution is -2.21. The monoisotopic (exact) mass is 330 g/mol. The van der Waals surface area contributed by atoms with Crippen molar-refractivity contribution in [3.63, 3.8) is 0 Å². The quantitative estimate of drug-likeness (QED) is 0.800. The van der Waals surface area contributed by atoms with E-state index >= 15 is 0 Å². The van der Waals surface area contributed by atoms with Gasteiger partial charge in [0, 0.05) is 11.9 Å². The van der Waals surface area contributed by atoms with Gasteiger partial charge in [-0.15, -0.1) is 0 Å². The number of hydrogen-bond acceptors (Lipinski definition) is 3. The molecule has 0 spiro atoms. The van der Waals surface area contributed by atoms with Crippen molar-refractivity contribution < 1.29 is 9.50 Å². The van der Waals surface area contributed by atoms with Crippen LogP contribution in [0.15, 0.2) is 63.2 Å². The van der Waals surface area contributed by atoms with Gasteiger partial charge in [0.15, 0.2) is 0 Å². The fourth-order valence-electron chi connectivity index (χ4n) is 2.31. The smallest absolute Gasteiger partial charge is 0.336 e. The van der Waals surface area contributed by atoms with Gasteiger partial charge >= 0.3 is 5.69 Å². The summed E-state index contributed by atoms with van der Waals surface area (Å²) in [5.41, 5.74) is 0.564. The number of imidazole rings is 1. The van der Waals surface area contributed by atoms with E-state index in [2.05, 4.69) is 0 Å². The molecule has 0 aliphatic rings. The molecule has 3 rings (SSSR count). The SMILES string of the molecule is Cc1ccccc1Sc1c(O)n(-c2ccccc2F)c(=O)n1C. The first-order chi connectivity index (χ1) is 11.0. The number of para-hydroxylation sites is 1. The molecular formula is C17H15FN2O2S. The van der Waals surface area contributed by atoms with Gasteiger partial charge in [-0.3, -0.25) is 4.57 Å². The number of aromatic hydroxyl groups is 1. The molecule has 23 heavy (non-hydrogen) atoms. The first kappa shape index (κ1) is 15.4. The van der Waals surface area contributed by atoms with E-state index in [1.807, 2.05) is 31.2 Å². The molecule has 3 aromatic rings. The van der Waals surface area contributed by atoms with Crippen LogP contribution < -0.4 is 5.69 Å². The van der Waals surface area contributed by atoms with Crippen molar-refractivity contribution in [2.45, 2.75) is 16.8 Å². The van der Waals surface area contributed by atoms with Gasteiger partial charge in [-0.25, -0.2) is 13.8 Å². The van der Waals surface area contributed by atoms with E-state index < -0.39 is 11.5 Å². The summed E-state index contributed by atoms with van der Waals surface area (Å²) in [4.78, 5) is 13.3. The fraction of sp³-hybridized carbons (Fsp3) is 0.118. The predicted octanol–water partition coefficient (Wildman–Crippen LogP) is 3.48. The number of rotatable bonds is 3. The van der Waals surface area contributed by atoms with E-state index in [0.29, 0.717) is 5.03 Å². The summed E-state index contributed by atoms with van der Waals surface area (Å²) in [6.45, 7) is 1.95. The van der Waals surface area contributed by atoms with Crippen LogP contribution >= 0.6 is 11.8 Å². The van der Waals surface area contributed by atoms with Gasteiger partial charge in [0.05, 0.1) is 5.69 Å². The Balaban J connectivity index is 2.15. The van der Waals surface area contributed by atoms with Crippen LogP contribution in [0.4, 0.5) is 4.39 Å². The third-order valence-electron chi connectivity index (χ3n) is 3.58. The van der Waals surface area contributed by atoms with Crippen molar-refractivity contribution in [2.75, 3.05) is 0 Å². The lowest BCUT2D eigenvalue weighted by molar-refractivity contribution is 0.424. The van der Waals surface area contributed by atoms with E-state index in [1.165, 1.54) is 34.5 Å². The molecule has 0 amide bonds. The Kier molecular flexibility index (Phi) is 4.00. The van der Waals surface area contributed by atoms with Crippen LogP contribution in [0.1, 0.15) is 5.56 Å². The number of nitrogens with zero attached hydrogens (tertiary/aromatic N) is 2. The zero-order chi connectivity index (χ0) is 16.6. The van der Waals surface area contributed by atoms with Crippen molar-refractivity contribution in [1.29, 1.82) is 0 Å². The number of aryl methyl sites for hydroxylation is 1. The third kappa shape index (κ3) is 2.66. The molecule has 0 fully saturated rings. The molecule has 4 nitrogen and oxygen atoms in total. The molecule has 0 aliphatic carbocycles. The Morgan fingerprint density at radius 3 is 2.43 bits per heavy atom. The van der Waals surface area contributed by atoms with Gasteiger partial charge in [-0.2, -0.15) is 0 Å². The molecule has 0 atom stereocenters. The van der Waals surface area contributed by atoms with Crippen molar-refractivity contribution in [2.24, 2.45) is 7.05 Å². The highest BCUT2D eigenvalue weighted by Crippen LogP contribution is 2.36. The zero-order valence-corrected chi connectivity index (χ0v) is 13.5. The molecule has 0 aliphatic heterocycles. The minimum absolute atomic E-state index is 0.0298. The zero-order valence-electron chi connectivity index (χ0n) is 12.7. The molecule has 1 N–H and O–H groups in total. The van der Waals surface area contributed by atoms with Crippen molar-refractivity contribution in [3.05, 3.63) is 70.4 Å². The van der Waals surface area contributed by atoms with Crippen LogP contribution in [-0.2, 0) is 7.05 Å². The number of hydrogen-bond donors (Lipinski definition) is 1. The molecule has 1 heterocycles. The average Bonchev–Trinajstić information content (AvgIpc) is 2.74. The molecule has 0 bridgehead atoms. The first-order valence-corrected chi connectivity index (χ1v) is 7.81. The molecule has 0 radical (unpaired) electrons. The number of benzene rings is 2. The Hall–Kier alpha value is -2.47. The Labute approximate surface area is 136 Å². The van der Waals surface area contributed by atoms with E-state index in [4.69, 9.17) is 0 Å². The van der Waals surface area contributed by atoms with Crippen molar-refractivity contribution in [3.8, 4) is 11.6 Å². The van der Waals surface area contributed by atoms with Gasteiger partial charge in [0.1, 0.15) is 10.8 Å². The summed E-state index contributed by atoms with van der Waals surface area (Å²) >= 11 is 1.27. The molecule has 0 saturated heterocycles. The molecule has 118 valence electrons. The van der Waals surface area contributed by atoms with E-state index in [1.54, 1.807) is 13.1 Å². The second-order valence-corrected chi connectivity index (χ2v) is 6.16. The fourth-order valence-corrected chi connectivity index (χ4v) is 3.29. The third-order valence-corrected chi connectivity index (χ3v) is 4.91. The molecule has 2 aromatic carbocycles. The Bertz CT molecular complexity index is 931. The number of aromatic nitrogens is 2. The molecule has 6 heteroatoms. The summed E-state index contributed by atoms with van der Waals surface area (Å²) in [6, 6.07) is 13.5. The highest BCUT2D eigenvalue weighted by Gasteiger charge is 2.21. The lowest BCUT2D eigenvalue weighted by Gasteiger charge is -2.06. The minimum Gasteiger partial charge on any atom is -0.492 e. The minimum atomic E-state index is -0.567. The second kappa shape index (κ2) is 5.96. The average molecular weight is 330 g/mol. The topological polar surface area (TPSA) is 47.2 Å². The largest absolute Gasteiger partial charge is 0.492 e. The maximum Gasteiger partial charge on any atom is 0.336 e. The maximum atomic E-state index is 14.0. The summed E-state index contributed by atoms with van der Waals surface area (Å²) in [7, 11) is 1.56. The number of halogens is 1. The first-order valence-electron chi connectivity index (χ1n) is 6.99. The van der Waals surface area contributed by atoms with Gasteiger partial charge < -0.3 is 5.11 Å². The van der Waals surface area contributed by atoms with Crippen LogP contribution in [0.2, 0.25) is 0 Å². The summed E-state index contributed by atoms with van der Waals surface area (Å²) < 4.78 is 16.3. The van der Waals surface area contributed by atoms with Crippen LogP contribution in [0.5, 0.6) is 5.88 Å². The van der Waals surface area contributed by atoms with Crippen molar-refractivity contribution in [1.82, 2.24) is 9.13 Å². The van der Waals surface area contributed by atoms with Gasteiger partial charge in [-0.05, 0) is 30.7 Å².